The van der Waals surface area contributed by atoms with Gasteiger partial charge in [0, 0.05) is 6.54 Å². The minimum atomic E-state index is 0.801. The van der Waals surface area contributed by atoms with Crippen molar-refractivity contribution in [2.45, 2.75) is 13.5 Å². The molecule has 1 aliphatic rings. The van der Waals surface area contributed by atoms with Gasteiger partial charge in [-0.1, -0.05) is 54.1 Å². The first-order chi connectivity index (χ1) is 10.3. The minimum absolute atomic E-state index is 0.801. The highest BCUT2D eigenvalue weighted by Gasteiger charge is 2.06. The maximum absolute atomic E-state index is 3.36. The highest BCUT2D eigenvalue weighted by Crippen LogP contribution is 2.15. The highest BCUT2D eigenvalue weighted by atomic mass is 15.4. The average Bonchev–Trinajstić information content (AvgIpc) is 2.54. The second-order valence-electron chi connectivity index (χ2n) is 5.12. The van der Waals surface area contributed by atoms with Gasteiger partial charge in [0.05, 0.1) is 5.70 Å². The topological polar surface area (TPSA) is 36.1 Å². The summed E-state index contributed by atoms with van der Waals surface area (Å²) in [6.45, 7) is 2.90. The summed E-state index contributed by atoms with van der Waals surface area (Å²) < 4.78 is 0. The van der Waals surface area contributed by atoms with Crippen LogP contribution in [0.5, 0.6) is 0 Å². The maximum Gasteiger partial charge on any atom is 0.118 e. The van der Waals surface area contributed by atoms with Crippen LogP contribution < -0.4 is 16.2 Å². The maximum atomic E-state index is 3.36. The van der Waals surface area contributed by atoms with Crippen LogP contribution in [0.1, 0.15) is 16.7 Å². The van der Waals surface area contributed by atoms with Crippen LogP contribution in [0, 0.1) is 6.92 Å². The van der Waals surface area contributed by atoms with E-state index in [1.54, 1.807) is 0 Å². The summed E-state index contributed by atoms with van der Waals surface area (Å²) in [6, 6.07) is 18.8. The molecule has 0 spiro atoms. The molecule has 3 heteroatoms. The summed E-state index contributed by atoms with van der Waals surface area (Å²) in [5, 5.41) is 3.36. The minimum Gasteiger partial charge on any atom is -0.366 e. The molecule has 3 nitrogen and oxygen atoms in total. The molecule has 3 N–H and O–H groups in total. The molecule has 0 atom stereocenters. The molecule has 0 amide bonds. The molecule has 0 unspecified atom stereocenters. The van der Waals surface area contributed by atoms with E-state index in [0.717, 1.165) is 18.1 Å². The normalized spacial score (nSPS) is 13.6. The van der Waals surface area contributed by atoms with Crippen molar-refractivity contribution in [2.24, 2.45) is 0 Å². The van der Waals surface area contributed by atoms with Crippen LogP contribution in [-0.4, -0.2) is 0 Å². The predicted molar refractivity (Wildman–Crippen MR) is 86.8 cm³/mol. The summed E-state index contributed by atoms with van der Waals surface area (Å²) >= 11 is 0. The predicted octanol–water partition coefficient (Wildman–Crippen LogP) is 3.07. The second-order valence-corrected chi connectivity index (χ2v) is 5.12. The monoisotopic (exact) mass is 277 g/mol. The number of hydrogen-bond acceptors (Lipinski definition) is 3. The molecule has 0 bridgehead atoms. The van der Waals surface area contributed by atoms with Crippen molar-refractivity contribution in [3.05, 3.63) is 89.3 Å². The Hall–Kier alpha value is -2.68. The molecule has 1 aliphatic heterocycles. The molecule has 0 radical (unpaired) electrons. The van der Waals surface area contributed by atoms with Gasteiger partial charge < -0.3 is 5.32 Å². The van der Waals surface area contributed by atoms with Gasteiger partial charge in [-0.05, 0) is 36.3 Å². The third-order valence-corrected chi connectivity index (χ3v) is 3.40. The number of benzene rings is 2. The third kappa shape index (κ3) is 3.45. The van der Waals surface area contributed by atoms with Gasteiger partial charge in [0.15, 0.2) is 0 Å². The van der Waals surface area contributed by atoms with Crippen molar-refractivity contribution >= 4 is 5.70 Å². The first kappa shape index (κ1) is 13.3. The molecule has 0 saturated carbocycles. The Balaban J connectivity index is 1.65. The summed E-state index contributed by atoms with van der Waals surface area (Å²) in [5.41, 5.74) is 11.2. The van der Waals surface area contributed by atoms with Crippen LogP contribution in [0.2, 0.25) is 0 Å². The van der Waals surface area contributed by atoms with Crippen molar-refractivity contribution in [1.29, 1.82) is 0 Å². The van der Waals surface area contributed by atoms with Gasteiger partial charge in [-0.25, -0.2) is 0 Å². The largest absolute Gasteiger partial charge is 0.366 e. The number of nitrogens with one attached hydrogen (secondary N) is 3. The number of rotatable bonds is 4. The molecule has 1 heterocycles. The Labute approximate surface area is 125 Å². The van der Waals surface area contributed by atoms with Crippen molar-refractivity contribution in [3.63, 3.8) is 0 Å². The van der Waals surface area contributed by atoms with E-state index in [-0.39, 0.29) is 0 Å². The van der Waals surface area contributed by atoms with Gasteiger partial charge in [0.1, 0.15) is 5.82 Å². The Morgan fingerprint density at radius 2 is 1.76 bits per heavy atom. The fourth-order valence-corrected chi connectivity index (χ4v) is 2.26. The van der Waals surface area contributed by atoms with E-state index >= 15 is 0 Å². The zero-order chi connectivity index (χ0) is 14.5. The van der Waals surface area contributed by atoms with Gasteiger partial charge in [-0.15, -0.1) is 0 Å². The lowest BCUT2D eigenvalue weighted by Gasteiger charge is -2.21. The van der Waals surface area contributed by atoms with Gasteiger partial charge in [0.2, 0.25) is 0 Å². The smallest absolute Gasteiger partial charge is 0.118 e. The Morgan fingerprint density at radius 1 is 0.905 bits per heavy atom. The quantitative estimate of drug-likeness (QED) is 0.804. The average molecular weight is 277 g/mol. The van der Waals surface area contributed by atoms with Crippen molar-refractivity contribution in [3.8, 4) is 0 Å². The molecule has 0 aliphatic carbocycles. The van der Waals surface area contributed by atoms with Crippen LogP contribution in [-0.2, 0) is 6.54 Å². The van der Waals surface area contributed by atoms with Crippen LogP contribution in [0.15, 0.2) is 72.6 Å². The van der Waals surface area contributed by atoms with Crippen molar-refractivity contribution < 1.29 is 0 Å². The standard InChI is InChI=1S/C18H19N3/c1-14-6-5-9-16(12-14)17-10-11-18(21-20-17)19-13-15-7-3-2-4-8-15/h2-12,19-21H,13H2,1H3. The zero-order valence-corrected chi connectivity index (χ0v) is 12.1. The van der Waals surface area contributed by atoms with E-state index in [0.29, 0.717) is 0 Å². The summed E-state index contributed by atoms with van der Waals surface area (Å²) in [4.78, 5) is 0. The lowest BCUT2D eigenvalue weighted by atomic mass is 10.1. The van der Waals surface area contributed by atoms with Crippen molar-refractivity contribution in [1.82, 2.24) is 16.2 Å². The van der Waals surface area contributed by atoms with Gasteiger partial charge >= 0.3 is 0 Å². The lowest BCUT2D eigenvalue weighted by molar-refractivity contribution is 0.639. The molecule has 3 rings (SSSR count). The Kier molecular flexibility index (Phi) is 3.92. The van der Waals surface area contributed by atoms with Crippen LogP contribution in [0.25, 0.3) is 5.70 Å². The SMILES string of the molecule is Cc1cccc(C2=CC=C(NCc3ccccc3)NN2)c1. The van der Waals surface area contributed by atoms with Crippen LogP contribution >= 0.6 is 0 Å². The summed E-state index contributed by atoms with van der Waals surface area (Å²) in [6.07, 6.45) is 4.13. The first-order valence-electron chi connectivity index (χ1n) is 7.10. The summed E-state index contributed by atoms with van der Waals surface area (Å²) in [5.74, 6) is 0.968. The molecule has 2 aromatic carbocycles. The fraction of sp³-hybridized carbons (Fsp3) is 0.111. The molecular formula is C18H19N3. The molecule has 21 heavy (non-hydrogen) atoms. The van der Waals surface area contributed by atoms with E-state index in [1.807, 2.05) is 18.2 Å². The van der Waals surface area contributed by atoms with E-state index in [1.165, 1.54) is 16.7 Å². The number of allylic oxidation sites excluding steroid dienone is 2. The van der Waals surface area contributed by atoms with E-state index in [4.69, 9.17) is 0 Å². The third-order valence-electron chi connectivity index (χ3n) is 3.40. The molecule has 2 aromatic rings. The Bertz CT molecular complexity index is 672. The zero-order valence-electron chi connectivity index (χ0n) is 12.1. The number of aryl methyl sites for hydroxylation is 1. The van der Waals surface area contributed by atoms with E-state index < -0.39 is 0 Å². The first-order valence-corrected chi connectivity index (χ1v) is 7.10. The molecular weight excluding hydrogens is 258 g/mol. The molecule has 0 fully saturated rings. The summed E-state index contributed by atoms with van der Waals surface area (Å²) in [7, 11) is 0. The van der Waals surface area contributed by atoms with Crippen molar-refractivity contribution in [2.75, 3.05) is 0 Å². The lowest BCUT2D eigenvalue weighted by Crippen LogP contribution is -2.37. The molecule has 106 valence electrons. The van der Waals surface area contributed by atoms with E-state index in [9.17, 15) is 0 Å². The van der Waals surface area contributed by atoms with Crippen LogP contribution in [0.4, 0.5) is 0 Å². The van der Waals surface area contributed by atoms with E-state index in [2.05, 4.69) is 71.6 Å². The highest BCUT2D eigenvalue weighted by molar-refractivity contribution is 5.66. The van der Waals surface area contributed by atoms with Crippen LogP contribution in [0.3, 0.4) is 0 Å². The molecule has 0 saturated heterocycles. The van der Waals surface area contributed by atoms with Gasteiger partial charge in [0.25, 0.3) is 0 Å². The second kappa shape index (κ2) is 6.18. The Morgan fingerprint density at radius 3 is 2.48 bits per heavy atom. The fourth-order valence-electron chi connectivity index (χ4n) is 2.26. The van der Waals surface area contributed by atoms with Gasteiger partial charge in [-0.3, -0.25) is 10.9 Å². The van der Waals surface area contributed by atoms with Gasteiger partial charge in [-0.2, -0.15) is 0 Å². The molecule has 0 aromatic heterocycles. The number of hydrazine groups is 1. The number of hydrogen-bond donors (Lipinski definition) is 3.